The van der Waals surface area contributed by atoms with E-state index < -0.39 is 0 Å². The molecule has 3 nitrogen and oxygen atoms in total. The van der Waals surface area contributed by atoms with E-state index in [2.05, 4.69) is 15.9 Å². The number of hydrogen-bond donors (Lipinski definition) is 0. The van der Waals surface area contributed by atoms with Crippen LogP contribution in [0.15, 0.2) is 22.7 Å². The van der Waals surface area contributed by atoms with Gasteiger partial charge in [-0.3, -0.25) is 4.79 Å². The number of esters is 1. The summed E-state index contributed by atoms with van der Waals surface area (Å²) in [6.45, 7) is 0.653. The van der Waals surface area contributed by atoms with E-state index in [4.69, 9.17) is 21.1 Å². The molecule has 3 aliphatic rings. The zero-order valence-electron chi connectivity index (χ0n) is 10.5. The summed E-state index contributed by atoms with van der Waals surface area (Å²) < 4.78 is 11.5. The predicted octanol–water partition coefficient (Wildman–Crippen LogP) is 3.82. The second kappa shape index (κ2) is 4.38. The minimum Gasteiger partial charge on any atom is -0.493 e. The molecule has 0 spiro atoms. The van der Waals surface area contributed by atoms with Gasteiger partial charge in [0.2, 0.25) is 0 Å². The Hall–Kier alpha value is -0.740. The molecular weight excluding hydrogens is 332 g/mol. The molecule has 0 atom stereocenters. The first kappa shape index (κ1) is 13.3. The molecule has 2 bridgehead atoms. The van der Waals surface area contributed by atoms with Gasteiger partial charge in [0, 0.05) is 9.89 Å². The molecule has 3 fully saturated rings. The van der Waals surface area contributed by atoms with Crippen molar-refractivity contribution in [2.24, 2.45) is 10.8 Å². The van der Waals surface area contributed by atoms with Crippen LogP contribution < -0.4 is 4.74 Å². The first-order valence-electron chi connectivity index (χ1n) is 6.15. The molecule has 1 aromatic carbocycles. The van der Waals surface area contributed by atoms with Crippen molar-refractivity contribution < 1.29 is 14.3 Å². The second-order valence-corrected chi connectivity index (χ2v) is 6.93. The summed E-state index contributed by atoms with van der Waals surface area (Å²) in [5.74, 6) is 0.733. The molecule has 0 unspecified atom stereocenters. The lowest BCUT2D eigenvalue weighted by atomic mass is 9.35. The summed E-state index contributed by atoms with van der Waals surface area (Å²) in [6.07, 6.45) is 2.67. The normalized spacial score (nSPS) is 31.1. The van der Waals surface area contributed by atoms with Crippen molar-refractivity contribution in [1.82, 2.24) is 0 Å². The van der Waals surface area contributed by atoms with Crippen molar-refractivity contribution in [2.75, 3.05) is 13.7 Å². The molecule has 0 radical (unpaired) electrons. The molecule has 0 amide bonds. The van der Waals surface area contributed by atoms with E-state index in [1.807, 2.05) is 12.1 Å². The van der Waals surface area contributed by atoms with Crippen molar-refractivity contribution >= 4 is 33.5 Å². The smallest absolute Gasteiger partial charge is 0.311 e. The summed E-state index contributed by atoms with van der Waals surface area (Å²) in [5.41, 5.74) is -0.0149. The van der Waals surface area contributed by atoms with Gasteiger partial charge >= 0.3 is 5.97 Å². The lowest BCUT2D eigenvalue weighted by Gasteiger charge is -2.68. The maximum absolute atomic E-state index is 11.6. The number of ether oxygens (including phenoxy) is 2. The number of hydrogen-bond acceptors (Lipinski definition) is 3. The monoisotopic (exact) mass is 344 g/mol. The summed E-state index contributed by atoms with van der Waals surface area (Å²) in [4.78, 5) is 11.6. The third kappa shape index (κ3) is 2.05. The Morgan fingerprint density at radius 2 is 2.11 bits per heavy atom. The van der Waals surface area contributed by atoms with Crippen LogP contribution in [0.4, 0.5) is 0 Å². The number of carbonyl (C=O) groups is 1. The second-order valence-electron chi connectivity index (χ2n) is 5.67. The number of benzene rings is 1. The molecule has 4 rings (SSSR count). The molecule has 1 aromatic rings. The van der Waals surface area contributed by atoms with Crippen LogP contribution in [0.5, 0.6) is 5.75 Å². The number of carbonyl (C=O) groups excluding carboxylic acids is 1. The van der Waals surface area contributed by atoms with Gasteiger partial charge in [-0.15, -0.1) is 0 Å². The Labute approximate surface area is 125 Å². The summed E-state index contributed by atoms with van der Waals surface area (Å²) in [6, 6.07) is 5.53. The third-order valence-corrected chi connectivity index (χ3v) is 5.41. The molecule has 19 heavy (non-hydrogen) atoms. The Balaban J connectivity index is 1.56. The van der Waals surface area contributed by atoms with Crippen LogP contribution >= 0.6 is 27.5 Å². The van der Waals surface area contributed by atoms with Crippen LogP contribution in [0, 0.1) is 10.8 Å². The van der Waals surface area contributed by atoms with Gasteiger partial charge in [0.15, 0.2) is 0 Å². The number of rotatable bonds is 4. The maximum atomic E-state index is 11.6. The maximum Gasteiger partial charge on any atom is 0.311 e. The highest BCUT2D eigenvalue weighted by Gasteiger charge is 2.72. The van der Waals surface area contributed by atoms with E-state index in [1.54, 1.807) is 6.07 Å². The summed E-state index contributed by atoms with van der Waals surface area (Å²) >= 11 is 9.30. The fraction of sp³-hybridized carbons (Fsp3) is 0.500. The average molecular weight is 346 g/mol. The van der Waals surface area contributed by atoms with Crippen molar-refractivity contribution in [2.45, 2.75) is 19.3 Å². The lowest BCUT2D eigenvalue weighted by Crippen LogP contribution is -2.67. The lowest BCUT2D eigenvalue weighted by molar-refractivity contribution is -0.233. The number of methoxy groups -OCH3 is 1. The van der Waals surface area contributed by atoms with Gasteiger partial charge in [-0.2, -0.15) is 0 Å². The first-order valence-corrected chi connectivity index (χ1v) is 7.32. The molecule has 0 saturated heterocycles. The molecule has 3 saturated carbocycles. The van der Waals surface area contributed by atoms with E-state index in [9.17, 15) is 4.79 Å². The molecule has 0 N–H and O–H groups in total. The summed E-state index contributed by atoms with van der Waals surface area (Å²) in [5, 5.41) is 0.669. The zero-order valence-corrected chi connectivity index (χ0v) is 12.9. The van der Waals surface area contributed by atoms with Gasteiger partial charge in [0.1, 0.15) is 5.75 Å². The van der Waals surface area contributed by atoms with Crippen molar-refractivity contribution in [3.8, 4) is 5.75 Å². The minimum absolute atomic E-state index is 0.0661. The predicted molar refractivity (Wildman–Crippen MR) is 75.4 cm³/mol. The van der Waals surface area contributed by atoms with Crippen LogP contribution in [0.25, 0.3) is 0 Å². The van der Waals surface area contributed by atoms with Crippen molar-refractivity contribution in [3.05, 3.63) is 27.7 Å². The SMILES string of the molecule is COC(=O)C12CC(COc3ccc(Cl)c(Br)c3)(C1)C2. The molecular formula is C14H14BrClO3. The van der Waals surface area contributed by atoms with Gasteiger partial charge in [-0.05, 0) is 53.4 Å². The largest absolute Gasteiger partial charge is 0.493 e. The van der Waals surface area contributed by atoms with Crippen LogP contribution in [-0.4, -0.2) is 19.7 Å². The van der Waals surface area contributed by atoms with Crippen molar-refractivity contribution in [3.63, 3.8) is 0 Å². The van der Waals surface area contributed by atoms with E-state index >= 15 is 0 Å². The Morgan fingerprint density at radius 1 is 1.42 bits per heavy atom. The zero-order chi connectivity index (χ0) is 13.7. The van der Waals surface area contributed by atoms with E-state index in [0.717, 1.165) is 29.5 Å². The molecule has 3 aliphatic carbocycles. The topological polar surface area (TPSA) is 35.5 Å². The Morgan fingerprint density at radius 3 is 2.68 bits per heavy atom. The quantitative estimate of drug-likeness (QED) is 0.778. The van der Waals surface area contributed by atoms with Crippen molar-refractivity contribution in [1.29, 1.82) is 0 Å². The van der Waals surface area contributed by atoms with E-state index in [0.29, 0.717) is 11.6 Å². The van der Waals surface area contributed by atoms with Gasteiger partial charge in [0.25, 0.3) is 0 Å². The highest BCUT2D eigenvalue weighted by atomic mass is 79.9. The fourth-order valence-electron chi connectivity index (χ4n) is 3.39. The molecule has 0 aliphatic heterocycles. The van der Waals surface area contributed by atoms with Crippen LogP contribution in [-0.2, 0) is 9.53 Å². The first-order chi connectivity index (χ1) is 8.99. The molecule has 0 heterocycles. The van der Waals surface area contributed by atoms with E-state index in [-0.39, 0.29) is 16.8 Å². The van der Waals surface area contributed by atoms with Crippen LogP contribution in [0.2, 0.25) is 5.02 Å². The molecule has 0 aromatic heterocycles. The van der Waals surface area contributed by atoms with Crippen LogP contribution in [0.3, 0.4) is 0 Å². The fourth-order valence-corrected chi connectivity index (χ4v) is 3.86. The standard InChI is InChI=1S/C14H14BrClO3/c1-18-12(17)14-5-13(6-14,7-14)8-19-9-2-3-11(16)10(15)4-9/h2-4H,5-8H2,1H3. The van der Waals surface area contributed by atoms with Gasteiger partial charge in [-0.1, -0.05) is 11.6 Å². The van der Waals surface area contributed by atoms with Gasteiger partial charge in [-0.25, -0.2) is 0 Å². The Kier molecular flexibility index (Phi) is 3.06. The van der Waals surface area contributed by atoms with Gasteiger partial charge < -0.3 is 9.47 Å². The third-order valence-electron chi connectivity index (χ3n) is 4.19. The highest BCUT2D eigenvalue weighted by Crippen LogP contribution is 2.73. The number of halogens is 2. The van der Waals surface area contributed by atoms with Gasteiger partial charge in [0.05, 0.1) is 24.2 Å². The molecule has 102 valence electrons. The Bertz CT molecular complexity index is 524. The average Bonchev–Trinajstić information content (AvgIpc) is 2.29. The summed E-state index contributed by atoms with van der Waals surface area (Å²) in [7, 11) is 1.46. The highest BCUT2D eigenvalue weighted by molar-refractivity contribution is 9.10. The molecule has 5 heteroatoms. The van der Waals surface area contributed by atoms with E-state index in [1.165, 1.54) is 7.11 Å². The minimum atomic E-state index is -0.196. The van der Waals surface area contributed by atoms with Crippen LogP contribution in [0.1, 0.15) is 19.3 Å².